The third-order valence-corrected chi connectivity index (χ3v) is 7.35. The molecule has 0 amide bonds. The number of hydrogen-bond donors (Lipinski definition) is 2. The van der Waals surface area contributed by atoms with Gasteiger partial charge in [0.1, 0.15) is 6.10 Å². The first kappa shape index (κ1) is 19.5. The number of fused-ring (bicyclic) bond motifs is 1. The first-order chi connectivity index (χ1) is 13.4. The number of rotatable bonds is 5. The van der Waals surface area contributed by atoms with E-state index in [4.69, 9.17) is 15.9 Å². The molecular weight excluding hydrogens is 397 g/mol. The molecule has 2 aromatic rings. The van der Waals surface area contributed by atoms with Gasteiger partial charge >= 0.3 is 5.97 Å². The monoisotopic (exact) mass is 421 g/mol. The number of hydrogen-bond acceptors (Lipinski definition) is 5. The van der Waals surface area contributed by atoms with Gasteiger partial charge in [-0.2, -0.15) is 5.10 Å². The number of nitrogens with zero attached hydrogens (tertiary/aromatic N) is 1. The summed E-state index contributed by atoms with van der Waals surface area (Å²) in [5.74, 6) is 1.80. The molecule has 2 N–H and O–H groups in total. The third-order valence-electron chi connectivity index (χ3n) is 5.40. The number of halogens is 1. The number of nitrogens with one attached hydrogen (secondary N) is 2. The molecule has 150 valence electrons. The van der Waals surface area contributed by atoms with E-state index in [-0.39, 0.29) is 39.2 Å². The van der Waals surface area contributed by atoms with Crippen LogP contribution in [-0.2, 0) is 41.7 Å². The summed E-state index contributed by atoms with van der Waals surface area (Å²) < 4.78 is 20.3. The van der Waals surface area contributed by atoms with Crippen molar-refractivity contribution in [3.63, 3.8) is 0 Å². The zero-order chi connectivity index (χ0) is 19.8. The Kier molecular flexibility index (Phi) is 5.51. The summed E-state index contributed by atoms with van der Waals surface area (Å²) in [7, 11) is -0.185. The van der Waals surface area contributed by atoms with Gasteiger partial charge in [-0.05, 0) is 30.9 Å². The van der Waals surface area contributed by atoms with Crippen LogP contribution >= 0.6 is 0 Å². The van der Waals surface area contributed by atoms with Crippen LogP contribution in [0.2, 0.25) is 0 Å². The fourth-order valence-electron chi connectivity index (χ4n) is 3.81. The highest BCUT2D eigenvalue weighted by atomic mass is 32.8. The topological polar surface area (TPSA) is 67.0 Å². The van der Waals surface area contributed by atoms with Crippen molar-refractivity contribution in [2.45, 2.75) is 56.6 Å². The van der Waals surface area contributed by atoms with Gasteiger partial charge in [0.25, 0.3) is 0 Å². The average molecular weight is 422 g/mol. The van der Waals surface area contributed by atoms with E-state index in [2.05, 4.69) is 15.5 Å². The van der Waals surface area contributed by atoms with Crippen LogP contribution in [0.3, 0.4) is 0 Å². The zero-order valence-corrected chi connectivity index (χ0v) is 17.6. The second kappa shape index (κ2) is 7.91. The molecule has 1 saturated carbocycles. The summed E-state index contributed by atoms with van der Waals surface area (Å²) in [5.41, 5.74) is 3.18. The lowest BCUT2D eigenvalue weighted by Crippen LogP contribution is -2.19. The van der Waals surface area contributed by atoms with Crippen LogP contribution < -0.4 is 5.32 Å². The Morgan fingerprint density at radius 3 is 3.00 bits per heavy atom. The number of carbonyl (C=O) groups excluding carboxylic acids is 1. The minimum Gasteiger partial charge on any atom is -0.462 e. The molecule has 4 rings (SSSR count). The smallest absolute Gasteiger partial charge is 0.308 e. The van der Waals surface area contributed by atoms with Gasteiger partial charge in [0.15, 0.2) is 11.6 Å². The summed E-state index contributed by atoms with van der Waals surface area (Å²) in [4.78, 5) is 11.8. The molecule has 0 saturated heterocycles. The predicted octanol–water partition coefficient (Wildman–Crippen LogP) is 4.22. The van der Waals surface area contributed by atoms with Crippen molar-refractivity contribution in [3.8, 4) is 0 Å². The molecule has 3 unspecified atom stereocenters. The van der Waals surface area contributed by atoms with Gasteiger partial charge in [-0.25, -0.2) is 4.39 Å². The van der Waals surface area contributed by atoms with Crippen LogP contribution in [0.4, 0.5) is 15.9 Å². The molecule has 5 nitrogen and oxygen atoms in total. The first-order valence-electron chi connectivity index (χ1n) is 9.58. The van der Waals surface area contributed by atoms with Crippen LogP contribution in [-0.4, -0.2) is 22.3 Å². The van der Waals surface area contributed by atoms with E-state index in [0.717, 1.165) is 41.8 Å². The normalized spacial score (nSPS) is 23.8. The number of aromatic nitrogens is 2. The molecule has 8 heteroatoms. The van der Waals surface area contributed by atoms with Gasteiger partial charge in [-0.1, -0.05) is 31.1 Å². The maximum absolute atomic E-state index is 14.8. The average Bonchev–Trinajstić information content (AvgIpc) is 3.37. The van der Waals surface area contributed by atoms with Gasteiger partial charge in [0.2, 0.25) is 0 Å². The van der Waals surface area contributed by atoms with Crippen molar-refractivity contribution in [3.05, 3.63) is 40.8 Å². The Hall–Kier alpha value is -1.80. The standard InChI is InChI=1S/C20H24FN3O2S2/c1-11(2)20(25)26-14-5-3-12(7-14)17-8-18(24-23-17)22-16-6-4-13-9-28(27)10-15(13)19(16)21/h4,6,8,11-12,14H,3,5,7,9-10H2,1-2H3,(H2,22,23,24). The molecular formula is C20H24FN3O2S2. The summed E-state index contributed by atoms with van der Waals surface area (Å²) in [6, 6.07) is 5.64. The second-order valence-corrected chi connectivity index (χ2v) is 10.7. The number of ether oxygens (including phenoxy) is 1. The minimum absolute atomic E-state index is 0.0408. The number of esters is 1. The Morgan fingerprint density at radius 1 is 1.39 bits per heavy atom. The van der Waals surface area contributed by atoms with Crippen molar-refractivity contribution in [2.24, 2.45) is 5.92 Å². The molecule has 0 spiro atoms. The molecule has 2 heterocycles. The number of H-pyrrole nitrogens is 1. The van der Waals surface area contributed by atoms with Gasteiger partial charge in [-0.3, -0.25) is 9.89 Å². The highest BCUT2D eigenvalue weighted by molar-refractivity contribution is 8.28. The molecule has 1 aromatic carbocycles. The van der Waals surface area contributed by atoms with Gasteiger partial charge in [0.05, 0.1) is 11.6 Å². The van der Waals surface area contributed by atoms with Crippen molar-refractivity contribution < 1.29 is 13.9 Å². The second-order valence-electron chi connectivity index (χ2n) is 7.85. The van der Waals surface area contributed by atoms with Crippen LogP contribution in [0.15, 0.2) is 18.2 Å². The summed E-state index contributed by atoms with van der Waals surface area (Å²) in [5, 5.41) is 10.4. The van der Waals surface area contributed by atoms with Crippen LogP contribution in [0.5, 0.6) is 0 Å². The molecule has 1 aliphatic carbocycles. The number of aromatic amines is 1. The lowest BCUT2D eigenvalue weighted by molar-refractivity contribution is -0.152. The summed E-state index contributed by atoms with van der Waals surface area (Å²) >= 11 is 5.35. The number of carbonyl (C=O) groups is 1. The summed E-state index contributed by atoms with van der Waals surface area (Å²) in [6.45, 7) is 3.68. The first-order valence-corrected chi connectivity index (χ1v) is 12.1. The quantitative estimate of drug-likeness (QED) is 0.708. The lowest BCUT2D eigenvalue weighted by atomic mass is 10.0. The SMILES string of the molecule is CC(C)C(=O)OC1CCC(c2cc(Nc3ccc4c(c3F)CS(=S)C4)n[nH]2)C1. The zero-order valence-electron chi connectivity index (χ0n) is 16.0. The molecule has 2 aliphatic rings. The van der Waals surface area contributed by atoms with Crippen molar-refractivity contribution in [2.75, 3.05) is 5.32 Å². The molecule has 28 heavy (non-hydrogen) atoms. The predicted molar refractivity (Wildman–Crippen MR) is 112 cm³/mol. The molecule has 0 bridgehead atoms. The third kappa shape index (κ3) is 3.98. The fraction of sp³-hybridized carbons (Fsp3) is 0.500. The Balaban J connectivity index is 1.41. The van der Waals surface area contributed by atoms with Gasteiger partial charge in [0, 0.05) is 34.7 Å². The Morgan fingerprint density at radius 2 is 2.21 bits per heavy atom. The van der Waals surface area contributed by atoms with Crippen LogP contribution in [0, 0.1) is 11.7 Å². The van der Waals surface area contributed by atoms with E-state index in [0.29, 0.717) is 17.3 Å². The molecule has 0 radical (unpaired) electrons. The number of benzene rings is 1. The Bertz CT molecular complexity index is 928. The van der Waals surface area contributed by atoms with Crippen LogP contribution in [0.1, 0.15) is 55.8 Å². The molecule has 3 atom stereocenters. The number of anilines is 2. The molecule has 1 aliphatic heterocycles. The highest BCUT2D eigenvalue weighted by Crippen LogP contribution is 2.37. The maximum atomic E-state index is 14.8. The largest absolute Gasteiger partial charge is 0.462 e. The van der Waals surface area contributed by atoms with Gasteiger partial charge in [-0.15, -0.1) is 9.45 Å². The van der Waals surface area contributed by atoms with Crippen molar-refractivity contribution in [1.82, 2.24) is 10.2 Å². The van der Waals surface area contributed by atoms with Crippen LogP contribution in [0.25, 0.3) is 0 Å². The maximum Gasteiger partial charge on any atom is 0.308 e. The van der Waals surface area contributed by atoms with Crippen molar-refractivity contribution >= 4 is 38.1 Å². The molecule has 1 aromatic heterocycles. The van der Waals surface area contributed by atoms with E-state index < -0.39 is 0 Å². The Labute approximate surface area is 171 Å². The minimum atomic E-state index is -0.219. The summed E-state index contributed by atoms with van der Waals surface area (Å²) in [6.07, 6.45) is 2.54. The lowest BCUT2D eigenvalue weighted by Gasteiger charge is -2.13. The highest BCUT2D eigenvalue weighted by Gasteiger charge is 2.30. The van der Waals surface area contributed by atoms with E-state index >= 15 is 0 Å². The van der Waals surface area contributed by atoms with Crippen molar-refractivity contribution in [1.29, 1.82) is 0 Å². The van der Waals surface area contributed by atoms with E-state index in [1.54, 1.807) is 6.07 Å². The fourth-order valence-corrected chi connectivity index (χ4v) is 5.90. The van der Waals surface area contributed by atoms with E-state index in [9.17, 15) is 9.18 Å². The van der Waals surface area contributed by atoms with Gasteiger partial charge < -0.3 is 10.1 Å². The van der Waals surface area contributed by atoms with E-state index in [1.165, 1.54) is 0 Å². The van der Waals surface area contributed by atoms with E-state index in [1.807, 2.05) is 26.0 Å². The molecule has 1 fully saturated rings.